The van der Waals surface area contributed by atoms with Gasteiger partial charge in [0, 0.05) is 6.42 Å². The molecule has 1 aromatic heterocycles. The summed E-state index contributed by atoms with van der Waals surface area (Å²) in [5.74, 6) is 1.28. The molecule has 0 fully saturated rings. The maximum Gasteiger partial charge on any atom is 0.183 e. The fourth-order valence-corrected chi connectivity index (χ4v) is 2.32. The SMILES string of the molecule is COc1ccccc1CC(O)c1cc(Br)c(Br)o1. The van der Waals surface area contributed by atoms with Crippen molar-refractivity contribution in [2.45, 2.75) is 12.5 Å². The second-order valence-corrected chi connectivity index (χ2v) is 5.38. The van der Waals surface area contributed by atoms with E-state index in [1.807, 2.05) is 24.3 Å². The summed E-state index contributed by atoms with van der Waals surface area (Å²) in [6, 6.07) is 9.36. The molecule has 0 aliphatic rings. The number of benzene rings is 1. The van der Waals surface area contributed by atoms with E-state index in [0.29, 0.717) is 16.9 Å². The zero-order valence-electron chi connectivity index (χ0n) is 9.69. The number of rotatable bonds is 4. The molecule has 0 saturated carbocycles. The van der Waals surface area contributed by atoms with Gasteiger partial charge in [-0.15, -0.1) is 0 Å². The molecule has 2 rings (SSSR count). The van der Waals surface area contributed by atoms with Gasteiger partial charge in [0.1, 0.15) is 17.6 Å². The summed E-state index contributed by atoms with van der Waals surface area (Å²) in [5, 5.41) is 10.1. The second kappa shape index (κ2) is 5.91. The Labute approximate surface area is 122 Å². The zero-order valence-corrected chi connectivity index (χ0v) is 12.9. The lowest BCUT2D eigenvalue weighted by Crippen LogP contribution is -2.02. The summed E-state index contributed by atoms with van der Waals surface area (Å²) in [7, 11) is 1.62. The molecular formula is C13H12Br2O3. The number of para-hydroxylation sites is 1. The van der Waals surface area contributed by atoms with E-state index in [0.717, 1.165) is 15.8 Å². The van der Waals surface area contributed by atoms with E-state index < -0.39 is 6.10 Å². The third kappa shape index (κ3) is 2.96. The van der Waals surface area contributed by atoms with E-state index in [1.165, 1.54) is 0 Å². The molecule has 1 heterocycles. The van der Waals surface area contributed by atoms with Crippen molar-refractivity contribution >= 4 is 31.9 Å². The Kier molecular flexibility index (Phi) is 4.48. The minimum Gasteiger partial charge on any atom is -0.496 e. The summed E-state index contributed by atoms with van der Waals surface area (Å²) in [5.41, 5.74) is 0.941. The van der Waals surface area contributed by atoms with E-state index in [4.69, 9.17) is 9.15 Å². The molecule has 1 unspecified atom stereocenters. The molecule has 0 bridgehead atoms. The van der Waals surface area contributed by atoms with Crippen molar-refractivity contribution in [1.29, 1.82) is 0 Å². The van der Waals surface area contributed by atoms with Crippen LogP contribution in [0.4, 0.5) is 0 Å². The largest absolute Gasteiger partial charge is 0.496 e. The normalized spacial score (nSPS) is 12.4. The molecule has 2 aromatic rings. The van der Waals surface area contributed by atoms with Crippen molar-refractivity contribution in [2.24, 2.45) is 0 Å². The van der Waals surface area contributed by atoms with Crippen molar-refractivity contribution in [2.75, 3.05) is 7.11 Å². The van der Waals surface area contributed by atoms with Crippen molar-refractivity contribution in [3.05, 3.63) is 50.8 Å². The first-order valence-electron chi connectivity index (χ1n) is 5.36. The first-order valence-corrected chi connectivity index (χ1v) is 6.95. The van der Waals surface area contributed by atoms with Crippen LogP contribution in [0.1, 0.15) is 17.4 Å². The molecule has 0 radical (unpaired) electrons. The third-order valence-electron chi connectivity index (χ3n) is 2.60. The standard InChI is InChI=1S/C13H12Br2O3/c1-17-11-5-3-2-4-8(11)6-10(16)12-7-9(14)13(15)18-12/h2-5,7,10,16H,6H2,1H3. The van der Waals surface area contributed by atoms with Crippen LogP contribution in [0, 0.1) is 0 Å². The summed E-state index contributed by atoms with van der Waals surface area (Å²) < 4.78 is 12.0. The number of furan rings is 1. The maximum atomic E-state index is 10.1. The van der Waals surface area contributed by atoms with E-state index in [1.54, 1.807) is 13.2 Å². The average Bonchev–Trinajstić information content (AvgIpc) is 2.70. The summed E-state index contributed by atoms with van der Waals surface area (Å²) in [6.45, 7) is 0. The quantitative estimate of drug-likeness (QED) is 0.875. The van der Waals surface area contributed by atoms with Gasteiger partial charge < -0.3 is 14.3 Å². The Morgan fingerprint density at radius 3 is 2.67 bits per heavy atom. The number of methoxy groups -OCH3 is 1. The smallest absolute Gasteiger partial charge is 0.183 e. The topological polar surface area (TPSA) is 42.6 Å². The average molecular weight is 376 g/mol. The van der Waals surface area contributed by atoms with Crippen molar-refractivity contribution < 1.29 is 14.3 Å². The third-order valence-corrected chi connectivity index (χ3v) is 4.31. The minimum atomic E-state index is -0.705. The lowest BCUT2D eigenvalue weighted by molar-refractivity contribution is 0.148. The number of ether oxygens (including phenoxy) is 1. The number of hydrogen-bond donors (Lipinski definition) is 1. The second-order valence-electron chi connectivity index (χ2n) is 3.80. The lowest BCUT2D eigenvalue weighted by Gasteiger charge is -2.11. The Hall–Kier alpha value is -0.780. The molecule has 3 nitrogen and oxygen atoms in total. The highest BCUT2D eigenvalue weighted by Gasteiger charge is 2.17. The number of aliphatic hydroxyl groups is 1. The summed E-state index contributed by atoms with van der Waals surface area (Å²) in [6.07, 6.45) is -0.264. The van der Waals surface area contributed by atoms with E-state index in [-0.39, 0.29) is 0 Å². The predicted molar refractivity (Wildman–Crippen MR) is 75.8 cm³/mol. The Morgan fingerprint density at radius 2 is 2.06 bits per heavy atom. The van der Waals surface area contributed by atoms with Gasteiger partial charge in [0.05, 0.1) is 11.6 Å². The van der Waals surface area contributed by atoms with E-state index in [2.05, 4.69) is 31.9 Å². The molecule has 1 N–H and O–H groups in total. The molecule has 1 atom stereocenters. The molecular weight excluding hydrogens is 364 g/mol. The van der Waals surface area contributed by atoms with Crippen molar-refractivity contribution in [3.63, 3.8) is 0 Å². The zero-order chi connectivity index (χ0) is 13.1. The number of halogens is 2. The Bertz CT molecular complexity index is 517. The van der Waals surface area contributed by atoms with Crippen LogP contribution in [0.15, 0.2) is 43.9 Å². The van der Waals surface area contributed by atoms with Crippen molar-refractivity contribution in [3.8, 4) is 5.75 Å². The highest BCUT2D eigenvalue weighted by molar-refractivity contribution is 9.13. The maximum absolute atomic E-state index is 10.1. The van der Waals surface area contributed by atoms with Gasteiger partial charge in [0.15, 0.2) is 4.67 Å². The van der Waals surface area contributed by atoms with Gasteiger partial charge in [-0.25, -0.2) is 0 Å². The van der Waals surface area contributed by atoms with Gasteiger partial charge in [-0.2, -0.15) is 0 Å². The van der Waals surface area contributed by atoms with Gasteiger partial charge >= 0.3 is 0 Å². The van der Waals surface area contributed by atoms with E-state index >= 15 is 0 Å². The van der Waals surface area contributed by atoms with Crippen LogP contribution < -0.4 is 4.74 Å². The van der Waals surface area contributed by atoms with Crippen LogP contribution in [-0.2, 0) is 6.42 Å². The monoisotopic (exact) mass is 374 g/mol. The fourth-order valence-electron chi connectivity index (χ4n) is 1.71. The molecule has 0 aliphatic heterocycles. The van der Waals surface area contributed by atoms with Crippen LogP contribution in [0.3, 0.4) is 0 Å². The molecule has 96 valence electrons. The molecule has 5 heteroatoms. The first kappa shape index (κ1) is 13.6. The van der Waals surface area contributed by atoms with Crippen LogP contribution >= 0.6 is 31.9 Å². The Balaban J connectivity index is 2.18. The van der Waals surface area contributed by atoms with Gasteiger partial charge in [0.2, 0.25) is 0 Å². The molecule has 0 amide bonds. The molecule has 1 aromatic carbocycles. The van der Waals surface area contributed by atoms with Crippen LogP contribution in [0.2, 0.25) is 0 Å². The molecule has 18 heavy (non-hydrogen) atoms. The number of aliphatic hydroxyl groups excluding tert-OH is 1. The Morgan fingerprint density at radius 1 is 1.33 bits per heavy atom. The predicted octanol–water partition coefficient (Wildman–Crippen LogP) is 4.09. The first-order chi connectivity index (χ1) is 8.61. The summed E-state index contributed by atoms with van der Waals surface area (Å²) in [4.78, 5) is 0. The lowest BCUT2D eigenvalue weighted by atomic mass is 10.1. The molecule has 0 spiro atoms. The van der Waals surface area contributed by atoms with Crippen LogP contribution in [-0.4, -0.2) is 12.2 Å². The van der Waals surface area contributed by atoms with Crippen LogP contribution in [0.5, 0.6) is 5.75 Å². The fraction of sp³-hybridized carbons (Fsp3) is 0.231. The van der Waals surface area contributed by atoms with Crippen LogP contribution in [0.25, 0.3) is 0 Å². The molecule has 0 saturated heterocycles. The van der Waals surface area contributed by atoms with Gasteiger partial charge in [-0.05, 0) is 49.6 Å². The van der Waals surface area contributed by atoms with E-state index in [9.17, 15) is 5.11 Å². The molecule has 0 aliphatic carbocycles. The highest BCUT2D eigenvalue weighted by atomic mass is 79.9. The van der Waals surface area contributed by atoms with Gasteiger partial charge in [-0.3, -0.25) is 0 Å². The number of hydrogen-bond acceptors (Lipinski definition) is 3. The van der Waals surface area contributed by atoms with Gasteiger partial charge in [0.25, 0.3) is 0 Å². The van der Waals surface area contributed by atoms with Crippen molar-refractivity contribution in [1.82, 2.24) is 0 Å². The highest BCUT2D eigenvalue weighted by Crippen LogP contribution is 2.32. The summed E-state index contributed by atoms with van der Waals surface area (Å²) >= 11 is 6.57. The van der Waals surface area contributed by atoms with Gasteiger partial charge in [-0.1, -0.05) is 18.2 Å². The minimum absolute atomic E-state index is 0.441.